The number of aromatic nitrogens is 2. The van der Waals surface area contributed by atoms with Gasteiger partial charge in [-0.2, -0.15) is 0 Å². The second kappa shape index (κ2) is 4.09. The molecule has 0 fully saturated rings. The molecule has 0 atom stereocenters. The predicted octanol–water partition coefficient (Wildman–Crippen LogP) is 2.22. The zero-order valence-electron chi connectivity index (χ0n) is 9.30. The molecule has 0 amide bonds. The quantitative estimate of drug-likeness (QED) is 0.602. The number of anilines is 1. The normalized spacial score (nSPS) is 10.6. The molecule has 0 aliphatic heterocycles. The molecule has 2 rings (SSSR count). The third-order valence-corrected chi connectivity index (χ3v) is 3.02. The zero-order valence-corrected chi connectivity index (χ0v) is 10.1. The van der Waals surface area contributed by atoms with Crippen molar-refractivity contribution in [2.75, 3.05) is 18.5 Å². The summed E-state index contributed by atoms with van der Waals surface area (Å²) < 4.78 is 1.81. The number of fused-ring (bicyclic) bond motifs is 1. The fourth-order valence-electron chi connectivity index (χ4n) is 1.66. The van der Waals surface area contributed by atoms with Gasteiger partial charge in [-0.15, -0.1) is 11.3 Å². The van der Waals surface area contributed by atoms with Gasteiger partial charge < -0.3 is 4.90 Å². The molecule has 0 saturated carbocycles. The molecule has 0 saturated heterocycles. The highest BCUT2D eigenvalue weighted by atomic mass is 32.1. The molecular weight excluding hydrogens is 222 g/mol. The SMILES string of the molecule is C=C(C)CN(C)c1nc2sccn2c1C=O. The Morgan fingerprint density at radius 1 is 1.75 bits per heavy atom. The molecule has 2 aromatic heterocycles. The molecule has 0 aliphatic rings. The molecule has 0 radical (unpaired) electrons. The summed E-state index contributed by atoms with van der Waals surface area (Å²) in [6.07, 6.45) is 2.70. The first-order chi connectivity index (χ1) is 7.63. The van der Waals surface area contributed by atoms with Gasteiger partial charge >= 0.3 is 0 Å². The first kappa shape index (κ1) is 10.9. The minimum Gasteiger partial charge on any atom is -0.354 e. The van der Waals surface area contributed by atoms with Gasteiger partial charge in [-0.3, -0.25) is 9.20 Å². The number of thiazole rings is 1. The van der Waals surface area contributed by atoms with Crippen LogP contribution in [0.15, 0.2) is 23.7 Å². The fourth-order valence-corrected chi connectivity index (χ4v) is 2.38. The molecule has 0 N–H and O–H groups in total. The molecule has 4 nitrogen and oxygen atoms in total. The van der Waals surface area contributed by atoms with Crippen molar-refractivity contribution in [2.24, 2.45) is 0 Å². The highest BCUT2D eigenvalue weighted by Gasteiger charge is 2.15. The van der Waals surface area contributed by atoms with Crippen molar-refractivity contribution in [3.63, 3.8) is 0 Å². The summed E-state index contributed by atoms with van der Waals surface area (Å²) in [5.74, 6) is 0.713. The molecule has 0 unspecified atom stereocenters. The van der Waals surface area contributed by atoms with E-state index < -0.39 is 0 Å². The van der Waals surface area contributed by atoms with Gasteiger partial charge in [0.05, 0.1) is 0 Å². The van der Waals surface area contributed by atoms with Crippen LogP contribution in [0.3, 0.4) is 0 Å². The average molecular weight is 235 g/mol. The number of carbonyl (C=O) groups excluding carboxylic acids is 1. The van der Waals surface area contributed by atoms with Gasteiger partial charge in [-0.1, -0.05) is 12.2 Å². The molecule has 2 aromatic rings. The monoisotopic (exact) mass is 235 g/mol. The van der Waals surface area contributed by atoms with E-state index in [2.05, 4.69) is 11.6 Å². The smallest absolute Gasteiger partial charge is 0.196 e. The maximum absolute atomic E-state index is 11.1. The van der Waals surface area contributed by atoms with Crippen molar-refractivity contribution in [1.29, 1.82) is 0 Å². The second-order valence-electron chi connectivity index (χ2n) is 3.81. The largest absolute Gasteiger partial charge is 0.354 e. The van der Waals surface area contributed by atoms with Gasteiger partial charge in [0.25, 0.3) is 0 Å². The molecule has 0 bridgehead atoms. The number of likely N-dealkylation sites (N-methyl/N-ethyl adjacent to an activating group) is 1. The number of nitrogens with zero attached hydrogens (tertiary/aromatic N) is 3. The maximum atomic E-state index is 11.1. The minimum atomic E-state index is 0.597. The molecule has 0 spiro atoms. The lowest BCUT2D eigenvalue weighted by molar-refractivity contribution is 0.111. The number of aldehydes is 1. The molecule has 0 aliphatic carbocycles. The van der Waals surface area contributed by atoms with E-state index in [-0.39, 0.29) is 0 Å². The Kier molecular flexibility index (Phi) is 2.78. The van der Waals surface area contributed by atoms with E-state index >= 15 is 0 Å². The van der Waals surface area contributed by atoms with E-state index in [4.69, 9.17) is 0 Å². The minimum absolute atomic E-state index is 0.597. The third-order valence-electron chi connectivity index (χ3n) is 2.26. The lowest BCUT2D eigenvalue weighted by Gasteiger charge is -2.16. The lowest BCUT2D eigenvalue weighted by atomic mass is 10.3. The van der Waals surface area contributed by atoms with Crippen molar-refractivity contribution in [3.8, 4) is 0 Å². The third kappa shape index (κ3) is 1.74. The summed E-state index contributed by atoms with van der Waals surface area (Å²) in [4.78, 5) is 18.3. The number of hydrogen-bond acceptors (Lipinski definition) is 4. The Balaban J connectivity index is 2.46. The average Bonchev–Trinajstić information content (AvgIpc) is 2.74. The summed E-state index contributed by atoms with van der Waals surface area (Å²) in [5.41, 5.74) is 1.63. The van der Waals surface area contributed by atoms with Gasteiger partial charge in [-0.05, 0) is 6.92 Å². The zero-order chi connectivity index (χ0) is 11.7. The van der Waals surface area contributed by atoms with Crippen LogP contribution in [-0.4, -0.2) is 29.3 Å². The highest BCUT2D eigenvalue weighted by Crippen LogP contribution is 2.22. The fraction of sp³-hybridized carbons (Fsp3) is 0.273. The number of hydrogen-bond donors (Lipinski definition) is 0. The van der Waals surface area contributed by atoms with Crippen LogP contribution in [0.1, 0.15) is 17.4 Å². The molecule has 2 heterocycles. The van der Waals surface area contributed by atoms with E-state index in [1.54, 1.807) is 0 Å². The Labute approximate surface area is 97.8 Å². The van der Waals surface area contributed by atoms with Gasteiger partial charge in [0.1, 0.15) is 5.69 Å². The molecule has 84 valence electrons. The van der Waals surface area contributed by atoms with Crippen molar-refractivity contribution in [2.45, 2.75) is 6.92 Å². The van der Waals surface area contributed by atoms with Crippen molar-refractivity contribution >= 4 is 28.4 Å². The van der Waals surface area contributed by atoms with E-state index in [0.29, 0.717) is 18.1 Å². The summed E-state index contributed by atoms with van der Waals surface area (Å²) in [6, 6.07) is 0. The van der Waals surface area contributed by atoms with Gasteiger partial charge in [0, 0.05) is 25.2 Å². The van der Waals surface area contributed by atoms with Crippen LogP contribution in [0.2, 0.25) is 0 Å². The van der Waals surface area contributed by atoms with Crippen LogP contribution in [-0.2, 0) is 0 Å². The predicted molar refractivity (Wildman–Crippen MR) is 66.5 cm³/mol. The van der Waals surface area contributed by atoms with E-state index in [1.807, 2.05) is 34.8 Å². The molecule has 5 heteroatoms. The van der Waals surface area contributed by atoms with E-state index in [9.17, 15) is 4.79 Å². The van der Waals surface area contributed by atoms with Crippen LogP contribution in [0, 0.1) is 0 Å². The van der Waals surface area contributed by atoms with E-state index in [1.165, 1.54) is 11.3 Å². The molecule has 16 heavy (non-hydrogen) atoms. The highest BCUT2D eigenvalue weighted by molar-refractivity contribution is 7.15. The van der Waals surface area contributed by atoms with Gasteiger partial charge in [-0.25, -0.2) is 4.98 Å². The van der Waals surface area contributed by atoms with Crippen LogP contribution in [0.25, 0.3) is 4.96 Å². The van der Waals surface area contributed by atoms with Crippen molar-refractivity contribution < 1.29 is 4.79 Å². The van der Waals surface area contributed by atoms with Crippen LogP contribution < -0.4 is 4.90 Å². The Bertz CT molecular complexity index is 540. The Morgan fingerprint density at radius 2 is 2.50 bits per heavy atom. The Morgan fingerprint density at radius 3 is 3.12 bits per heavy atom. The van der Waals surface area contributed by atoms with Crippen LogP contribution in [0.5, 0.6) is 0 Å². The summed E-state index contributed by atoms with van der Waals surface area (Å²) >= 11 is 1.52. The first-order valence-corrected chi connectivity index (χ1v) is 5.77. The first-order valence-electron chi connectivity index (χ1n) is 4.89. The number of carbonyl (C=O) groups is 1. The van der Waals surface area contributed by atoms with Crippen LogP contribution >= 0.6 is 11.3 Å². The standard InChI is InChI=1S/C11H13N3OS/c1-8(2)6-13(3)10-9(7-15)14-4-5-16-11(14)12-10/h4-5,7H,1,6H2,2-3H3. The van der Waals surface area contributed by atoms with Crippen molar-refractivity contribution in [1.82, 2.24) is 9.38 Å². The summed E-state index contributed by atoms with van der Waals surface area (Å²) in [6.45, 7) is 6.51. The van der Waals surface area contributed by atoms with Crippen molar-refractivity contribution in [3.05, 3.63) is 29.4 Å². The van der Waals surface area contributed by atoms with Gasteiger partial charge in [0.15, 0.2) is 17.1 Å². The number of rotatable bonds is 4. The molecule has 0 aromatic carbocycles. The summed E-state index contributed by atoms with van der Waals surface area (Å²) in [5, 5.41) is 1.91. The lowest BCUT2D eigenvalue weighted by Crippen LogP contribution is -2.20. The van der Waals surface area contributed by atoms with Gasteiger partial charge in [0.2, 0.25) is 0 Å². The van der Waals surface area contributed by atoms with E-state index in [0.717, 1.165) is 16.8 Å². The molecular formula is C11H13N3OS. The maximum Gasteiger partial charge on any atom is 0.196 e. The Hall–Kier alpha value is -1.62. The summed E-state index contributed by atoms with van der Waals surface area (Å²) in [7, 11) is 1.91. The number of imidazole rings is 1. The second-order valence-corrected chi connectivity index (χ2v) is 4.68. The van der Waals surface area contributed by atoms with Crippen LogP contribution in [0.4, 0.5) is 5.82 Å². The topological polar surface area (TPSA) is 37.6 Å².